The van der Waals surface area contributed by atoms with E-state index in [9.17, 15) is 4.79 Å². The van der Waals surface area contributed by atoms with Gasteiger partial charge < -0.3 is 9.88 Å². The first-order valence-corrected chi connectivity index (χ1v) is 8.09. The minimum Gasteiger partial charge on any atom is -0.368 e. The van der Waals surface area contributed by atoms with E-state index in [0.717, 1.165) is 43.4 Å². The van der Waals surface area contributed by atoms with Gasteiger partial charge in [0.2, 0.25) is 0 Å². The van der Waals surface area contributed by atoms with Crippen molar-refractivity contribution in [3.63, 3.8) is 0 Å². The highest BCUT2D eigenvalue weighted by Crippen LogP contribution is 2.26. The summed E-state index contributed by atoms with van der Waals surface area (Å²) >= 11 is 6.22. The van der Waals surface area contributed by atoms with Crippen molar-refractivity contribution in [1.29, 1.82) is 0 Å². The third-order valence-corrected chi connectivity index (χ3v) is 4.53. The number of nitrogens with one attached hydrogen (secondary N) is 1. The molecule has 23 heavy (non-hydrogen) atoms. The third-order valence-electron chi connectivity index (χ3n) is 4.24. The number of hydrogen-bond donors (Lipinski definition) is 1. The molecule has 3 rings (SSSR count). The van der Waals surface area contributed by atoms with Gasteiger partial charge in [-0.3, -0.25) is 14.7 Å². The van der Waals surface area contributed by atoms with E-state index in [-0.39, 0.29) is 11.6 Å². The van der Waals surface area contributed by atoms with Gasteiger partial charge in [0.25, 0.3) is 5.56 Å². The van der Waals surface area contributed by atoms with E-state index in [4.69, 9.17) is 11.6 Å². The molecule has 0 aromatic carbocycles. The summed E-state index contributed by atoms with van der Waals surface area (Å²) in [4.78, 5) is 27.6. The van der Waals surface area contributed by atoms with Crippen LogP contribution in [0.4, 0.5) is 5.69 Å². The number of anilines is 1. The largest absolute Gasteiger partial charge is 0.368 e. The Bertz CT molecular complexity index is 739. The molecule has 7 heteroatoms. The fraction of sp³-hybridized carbons (Fsp3) is 0.438. The number of aryl methyl sites for hydroxylation is 1. The summed E-state index contributed by atoms with van der Waals surface area (Å²) in [6.07, 6.45) is 3.44. The van der Waals surface area contributed by atoms with Gasteiger partial charge in [0.05, 0.1) is 16.8 Å². The molecule has 0 bridgehead atoms. The topological polar surface area (TPSA) is 65.1 Å². The molecule has 0 saturated carbocycles. The predicted molar refractivity (Wildman–Crippen MR) is 91.0 cm³/mol. The fourth-order valence-corrected chi connectivity index (χ4v) is 3.19. The summed E-state index contributed by atoms with van der Waals surface area (Å²) in [5.41, 5.74) is 1.68. The number of aromatic nitrogens is 3. The molecule has 0 spiro atoms. The van der Waals surface area contributed by atoms with E-state index >= 15 is 0 Å². The number of rotatable bonds is 3. The molecule has 0 aliphatic carbocycles. The fourth-order valence-electron chi connectivity index (χ4n) is 2.95. The van der Waals surface area contributed by atoms with E-state index < -0.39 is 0 Å². The highest BCUT2D eigenvalue weighted by atomic mass is 35.5. The summed E-state index contributed by atoms with van der Waals surface area (Å²) < 4.78 is 0. The van der Waals surface area contributed by atoms with Gasteiger partial charge in [-0.2, -0.15) is 0 Å². The van der Waals surface area contributed by atoms with Crippen molar-refractivity contribution in [3.8, 4) is 0 Å². The van der Waals surface area contributed by atoms with Gasteiger partial charge >= 0.3 is 0 Å². The average molecular weight is 334 g/mol. The molecule has 2 aromatic heterocycles. The number of H-pyrrole nitrogens is 1. The second kappa shape index (κ2) is 6.68. The minimum absolute atomic E-state index is 0.0812. The van der Waals surface area contributed by atoms with Crippen LogP contribution < -0.4 is 10.5 Å². The molecule has 6 nitrogen and oxygen atoms in total. The van der Waals surface area contributed by atoms with Crippen molar-refractivity contribution in [2.45, 2.75) is 19.9 Å². The normalized spacial score (nSPS) is 17.3. The summed E-state index contributed by atoms with van der Waals surface area (Å²) in [7, 11) is 0. The number of hydrogen-bond acceptors (Lipinski definition) is 5. The SMILES string of the molecule is Cc1cc(=O)[nH]c(C(C)N2CCN(c3ccncc3Cl)CC2)n1. The van der Waals surface area contributed by atoms with Crippen LogP contribution in [-0.2, 0) is 0 Å². The smallest absolute Gasteiger partial charge is 0.251 e. The molecule has 122 valence electrons. The molecule has 1 saturated heterocycles. The molecular weight excluding hydrogens is 314 g/mol. The van der Waals surface area contributed by atoms with Crippen molar-refractivity contribution >= 4 is 17.3 Å². The first kappa shape index (κ1) is 16.0. The Morgan fingerprint density at radius 1 is 1.30 bits per heavy atom. The maximum absolute atomic E-state index is 11.6. The van der Waals surface area contributed by atoms with Gasteiger partial charge in [0, 0.05) is 50.3 Å². The highest BCUT2D eigenvalue weighted by Gasteiger charge is 2.24. The Balaban J connectivity index is 1.69. The Kier molecular flexibility index (Phi) is 4.63. The second-order valence-corrected chi connectivity index (χ2v) is 6.21. The van der Waals surface area contributed by atoms with E-state index in [1.54, 1.807) is 12.4 Å². The van der Waals surface area contributed by atoms with Gasteiger partial charge in [-0.1, -0.05) is 11.6 Å². The van der Waals surface area contributed by atoms with Crippen LogP contribution in [-0.4, -0.2) is 46.0 Å². The molecule has 1 aliphatic rings. The molecule has 1 atom stereocenters. The zero-order chi connectivity index (χ0) is 16.4. The van der Waals surface area contributed by atoms with Crippen LogP contribution in [0.25, 0.3) is 0 Å². The van der Waals surface area contributed by atoms with Crippen LogP contribution in [0.5, 0.6) is 0 Å². The van der Waals surface area contributed by atoms with Gasteiger partial charge in [-0.05, 0) is 19.9 Å². The Labute approximate surface area is 140 Å². The van der Waals surface area contributed by atoms with E-state index in [1.807, 2.05) is 13.0 Å². The van der Waals surface area contributed by atoms with E-state index in [0.29, 0.717) is 5.02 Å². The number of aromatic amines is 1. The van der Waals surface area contributed by atoms with Crippen LogP contribution in [0.1, 0.15) is 24.5 Å². The van der Waals surface area contributed by atoms with Crippen molar-refractivity contribution in [3.05, 3.63) is 51.4 Å². The molecule has 1 fully saturated rings. The lowest BCUT2D eigenvalue weighted by Crippen LogP contribution is -2.47. The Hall–Kier alpha value is -1.92. The molecular formula is C16H20ClN5O. The van der Waals surface area contributed by atoms with Gasteiger partial charge in [0.1, 0.15) is 5.82 Å². The van der Waals surface area contributed by atoms with Crippen molar-refractivity contribution in [2.24, 2.45) is 0 Å². The minimum atomic E-state index is -0.0958. The zero-order valence-corrected chi connectivity index (χ0v) is 14.0. The van der Waals surface area contributed by atoms with E-state index in [2.05, 4.69) is 31.7 Å². The summed E-state index contributed by atoms with van der Waals surface area (Å²) in [5, 5.41) is 0.679. The number of piperazine rings is 1. The molecule has 1 N–H and O–H groups in total. The first-order valence-electron chi connectivity index (χ1n) is 7.71. The van der Waals surface area contributed by atoms with Crippen molar-refractivity contribution < 1.29 is 0 Å². The third kappa shape index (κ3) is 3.54. The molecule has 1 unspecified atom stereocenters. The Morgan fingerprint density at radius 2 is 2.04 bits per heavy atom. The second-order valence-electron chi connectivity index (χ2n) is 5.80. The van der Waals surface area contributed by atoms with Crippen LogP contribution >= 0.6 is 11.6 Å². The molecule has 3 heterocycles. The van der Waals surface area contributed by atoms with Crippen LogP contribution in [0.15, 0.2) is 29.3 Å². The van der Waals surface area contributed by atoms with E-state index in [1.165, 1.54) is 6.07 Å². The summed E-state index contributed by atoms with van der Waals surface area (Å²) in [6.45, 7) is 7.45. The first-order chi connectivity index (χ1) is 11.0. The number of pyridine rings is 1. The molecule has 0 radical (unpaired) electrons. The lowest BCUT2D eigenvalue weighted by molar-refractivity contribution is 0.191. The highest BCUT2D eigenvalue weighted by molar-refractivity contribution is 6.33. The van der Waals surface area contributed by atoms with Gasteiger partial charge in [0.15, 0.2) is 0 Å². The van der Waals surface area contributed by atoms with Crippen molar-refractivity contribution in [2.75, 3.05) is 31.1 Å². The maximum atomic E-state index is 11.6. The molecule has 2 aromatic rings. The summed E-state index contributed by atoms with van der Waals surface area (Å²) in [5.74, 6) is 0.727. The zero-order valence-electron chi connectivity index (χ0n) is 13.3. The quantitative estimate of drug-likeness (QED) is 0.930. The van der Waals surface area contributed by atoms with Crippen molar-refractivity contribution in [1.82, 2.24) is 19.9 Å². The van der Waals surface area contributed by atoms with Crippen LogP contribution in [0.3, 0.4) is 0 Å². The van der Waals surface area contributed by atoms with Gasteiger partial charge in [-0.15, -0.1) is 0 Å². The number of halogens is 1. The number of nitrogens with zero attached hydrogens (tertiary/aromatic N) is 4. The summed E-state index contributed by atoms with van der Waals surface area (Å²) in [6, 6.07) is 3.54. The monoisotopic (exact) mass is 333 g/mol. The van der Waals surface area contributed by atoms with Crippen LogP contribution in [0, 0.1) is 6.92 Å². The maximum Gasteiger partial charge on any atom is 0.251 e. The predicted octanol–water partition coefficient (Wildman–Crippen LogP) is 2.01. The molecule has 1 aliphatic heterocycles. The Morgan fingerprint density at radius 3 is 2.70 bits per heavy atom. The average Bonchev–Trinajstić information content (AvgIpc) is 2.54. The lowest BCUT2D eigenvalue weighted by atomic mass is 10.2. The standard InChI is InChI=1S/C16H20ClN5O/c1-11-9-15(23)20-16(19-11)12(2)21-5-7-22(8-6-21)14-3-4-18-10-13(14)17/h3-4,9-10,12H,5-8H2,1-2H3,(H,19,20,23). The van der Waals surface area contributed by atoms with Gasteiger partial charge in [-0.25, -0.2) is 4.98 Å². The molecule has 0 amide bonds. The van der Waals surface area contributed by atoms with Crippen LogP contribution in [0.2, 0.25) is 5.02 Å². The lowest BCUT2D eigenvalue weighted by Gasteiger charge is -2.38.